The fraction of sp³-hybridized carbons (Fsp3) is 0.111. The molecule has 0 radical (unpaired) electrons. The number of fused-ring (bicyclic) bond motifs is 2. The van der Waals surface area contributed by atoms with Crippen LogP contribution in [0, 0.1) is 25.2 Å². The van der Waals surface area contributed by atoms with E-state index in [0.29, 0.717) is 21.6 Å². The number of thiophene rings is 1. The van der Waals surface area contributed by atoms with Crippen LogP contribution < -0.4 is 5.56 Å². The Kier molecular flexibility index (Phi) is 3.87. The zero-order valence-corrected chi connectivity index (χ0v) is 15.4. The second-order valence-corrected chi connectivity index (χ2v) is 7.33. The minimum atomic E-state index is -0.253. The van der Waals surface area contributed by atoms with Gasteiger partial charge in [-0.3, -0.25) is 9.20 Å². The number of pyridine rings is 1. The smallest absolute Gasteiger partial charge is 0.260 e. The molecule has 4 aromatic heterocycles. The van der Waals surface area contributed by atoms with Crippen LogP contribution in [0.2, 0.25) is 5.15 Å². The van der Waals surface area contributed by atoms with E-state index in [4.69, 9.17) is 11.6 Å². The minimum absolute atomic E-state index is 0.209. The highest BCUT2D eigenvalue weighted by Crippen LogP contribution is 2.27. The van der Waals surface area contributed by atoms with Gasteiger partial charge in [0.2, 0.25) is 0 Å². The fourth-order valence-corrected chi connectivity index (χ4v) is 4.05. The summed E-state index contributed by atoms with van der Waals surface area (Å²) in [6.07, 6.45) is 3.39. The average molecular weight is 382 g/mol. The third-order valence-corrected chi connectivity index (χ3v) is 5.60. The molecule has 0 fully saturated rings. The quantitative estimate of drug-likeness (QED) is 0.532. The van der Waals surface area contributed by atoms with Crippen LogP contribution in [0.25, 0.3) is 27.5 Å². The summed E-state index contributed by atoms with van der Waals surface area (Å²) in [6, 6.07) is 7.61. The van der Waals surface area contributed by atoms with Crippen molar-refractivity contribution in [2.75, 3.05) is 0 Å². The summed E-state index contributed by atoms with van der Waals surface area (Å²) in [5, 5.41) is 10.5. The van der Waals surface area contributed by atoms with Gasteiger partial charge in [-0.05, 0) is 37.6 Å². The van der Waals surface area contributed by atoms with Gasteiger partial charge in [-0.1, -0.05) is 17.7 Å². The first-order valence-corrected chi connectivity index (χ1v) is 8.94. The Hall–Kier alpha value is -2.95. The van der Waals surface area contributed by atoms with Crippen LogP contribution in [0.1, 0.15) is 22.0 Å². The largest absolute Gasteiger partial charge is 0.305 e. The van der Waals surface area contributed by atoms with E-state index in [2.05, 4.69) is 21.0 Å². The summed E-state index contributed by atoms with van der Waals surface area (Å²) >= 11 is 7.67. The van der Waals surface area contributed by atoms with E-state index >= 15 is 0 Å². The van der Waals surface area contributed by atoms with Gasteiger partial charge in [-0.15, -0.1) is 11.3 Å². The first-order valence-electron chi connectivity index (χ1n) is 7.74. The standard InChI is InChI=1S/C18H12ClN5OS/c1-9-10(2)26-18-14(9)17(25)22-16(23-18)11(8-20)7-12-15(19)21-13-5-3-4-6-24(12)13/h3-7H,1-2H3,(H,22,23,25). The van der Waals surface area contributed by atoms with Crippen LogP contribution in [-0.4, -0.2) is 19.4 Å². The summed E-state index contributed by atoms with van der Waals surface area (Å²) in [6.45, 7) is 3.84. The maximum atomic E-state index is 12.5. The van der Waals surface area contributed by atoms with E-state index in [1.54, 1.807) is 16.7 Å². The van der Waals surface area contributed by atoms with E-state index in [0.717, 1.165) is 10.4 Å². The lowest BCUT2D eigenvalue weighted by Gasteiger charge is -2.01. The van der Waals surface area contributed by atoms with Crippen molar-refractivity contribution in [2.45, 2.75) is 13.8 Å². The summed E-state index contributed by atoms with van der Waals surface area (Å²) < 4.78 is 1.77. The molecule has 128 valence electrons. The van der Waals surface area contributed by atoms with Gasteiger partial charge >= 0.3 is 0 Å². The predicted octanol–water partition coefficient (Wildman–Crippen LogP) is 3.97. The van der Waals surface area contributed by atoms with E-state index in [9.17, 15) is 10.1 Å². The molecule has 0 spiro atoms. The van der Waals surface area contributed by atoms with Gasteiger partial charge < -0.3 is 4.98 Å². The molecular formula is C18H12ClN5OS. The maximum Gasteiger partial charge on any atom is 0.260 e. The third kappa shape index (κ3) is 2.51. The molecule has 0 amide bonds. The van der Waals surface area contributed by atoms with E-state index in [1.165, 1.54) is 11.3 Å². The molecule has 0 aliphatic carbocycles. The average Bonchev–Trinajstić information content (AvgIpc) is 3.09. The van der Waals surface area contributed by atoms with Gasteiger partial charge in [0.1, 0.15) is 16.5 Å². The van der Waals surface area contributed by atoms with Crippen molar-refractivity contribution >= 4 is 50.5 Å². The first-order chi connectivity index (χ1) is 12.5. The number of hydrogen-bond acceptors (Lipinski definition) is 5. The number of imidazole rings is 1. The number of nitriles is 1. The number of H-pyrrole nitrogens is 1. The number of halogens is 1. The number of aromatic amines is 1. The molecule has 4 heterocycles. The number of nitrogens with zero attached hydrogens (tertiary/aromatic N) is 4. The Bertz CT molecular complexity index is 1310. The highest BCUT2D eigenvalue weighted by atomic mass is 35.5. The summed E-state index contributed by atoms with van der Waals surface area (Å²) in [5.41, 5.74) is 2.10. The fourth-order valence-electron chi connectivity index (χ4n) is 2.79. The molecule has 1 N–H and O–H groups in total. The van der Waals surface area contributed by atoms with Crippen LogP contribution in [0.15, 0.2) is 29.2 Å². The Balaban J connectivity index is 1.94. The number of allylic oxidation sites excluding steroid dienone is 1. The molecule has 0 bridgehead atoms. The zero-order chi connectivity index (χ0) is 18.4. The normalized spacial score (nSPS) is 12.0. The Morgan fingerprint density at radius 2 is 2.19 bits per heavy atom. The topological polar surface area (TPSA) is 86.8 Å². The molecule has 0 atom stereocenters. The molecular weight excluding hydrogens is 370 g/mol. The second kappa shape index (κ2) is 6.09. The molecule has 0 aromatic carbocycles. The maximum absolute atomic E-state index is 12.5. The lowest BCUT2D eigenvalue weighted by atomic mass is 10.2. The van der Waals surface area contributed by atoms with Gasteiger partial charge in [0, 0.05) is 11.1 Å². The number of hydrogen-bond donors (Lipinski definition) is 1. The molecule has 0 aliphatic heterocycles. The van der Waals surface area contributed by atoms with Crippen LogP contribution in [-0.2, 0) is 0 Å². The number of nitrogens with one attached hydrogen (secondary N) is 1. The van der Waals surface area contributed by atoms with Crippen molar-refractivity contribution in [3.8, 4) is 6.07 Å². The molecule has 8 heteroatoms. The van der Waals surface area contributed by atoms with Gasteiger partial charge in [0.05, 0.1) is 16.7 Å². The lowest BCUT2D eigenvalue weighted by Crippen LogP contribution is -2.11. The molecule has 4 aromatic rings. The van der Waals surface area contributed by atoms with Crippen molar-refractivity contribution < 1.29 is 0 Å². The van der Waals surface area contributed by atoms with E-state index in [1.807, 2.05) is 32.0 Å². The minimum Gasteiger partial charge on any atom is -0.305 e. The van der Waals surface area contributed by atoms with Crippen LogP contribution >= 0.6 is 22.9 Å². The first kappa shape index (κ1) is 16.5. The van der Waals surface area contributed by atoms with Gasteiger partial charge in [-0.25, -0.2) is 9.97 Å². The summed E-state index contributed by atoms with van der Waals surface area (Å²) in [4.78, 5) is 25.6. The zero-order valence-electron chi connectivity index (χ0n) is 13.9. The van der Waals surface area contributed by atoms with Gasteiger partial charge in [-0.2, -0.15) is 5.26 Å². The Labute approximate surface area is 157 Å². The lowest BCUT2D eigenvalue weighted by molar-refractivity contribution is 1.13. The van der Waals surface area contributed by atoms with Crippen molar-refractivity contribution in [1.29, 1.82) is 5.26 Å². The third-order valence-electron chi connectivity index (χ3n) is 4.22. The molecule has 0 saturated carbocycles. The van der Waals surface area contributed by atoms with Gasteiger partial charge in [0.25, 0.3) is 5.56 Å². The molecule has 4 rings (SSSR count). The second-order valence-electron chi connectivity index (χ2n) is 5.76. The highest BCUT2D eigenvalue weighted by molar-refractivity contribution is 7.18. The van der Waals surface area contributed by atoms with Crippen LogP contribution in [0.5, 0.6) is 0 Å². The van der Waals surface area contributed by atoms with Crippen LogP contribution in [0.3, 0.4) is 0 Å². The number of rotatable bonds is 2. The van der Waals surface area contributed by atoms with Crippen molar-refractivity contribution in [3.05, 3.63) is 61.9 Å². The number of aryl methyl sites for hydroxylation is 2. The van der Waals surface area contributed by atoms with Crippen LogP contribution in [0.4, 0.5) is 0 Å². The van der Waals surface area contributed by atoms with Crippen molar-refractivity contribution in [2.24, 2.45) is 0 Å². The van der Waals surface area contributed by atoms with Gasteiger partial charge in [0.15, 0.2) is 11.0 Å². The Morgan fingerprint density at radius 3 is 2.96 bits per heavy atom. The SMILES string of the molecule is Cc1sc2nc(C(C#N)=Cc3c(Cl)nc4ccccn34)[nH]c(=O)c2c1C. The highest BCUT2D eigenvalue weighted by Gasteiger charge is 2.15. The summed E-state index contributed by atoms with van der Waals surface area (Å²) in [7, 11) is 0. The summed E-state index contributed by atoms with van der Waals surface area (Å²) in [5.74, 6) is 0.216. The van der Waals surface area contributed by atoms with E-state index < -0.39 is 0 Å². The van der Waals surface area contributed by atoms with Crippen molar-refractivity contribution in [3.63, 3.8) is 0 Å². The van der Waals surface area contributed by atoms with E-state index in [-0.39, 0.29) is 22.1 Å². The molecule has 26 heavy (non-hydrogen) atoms. The molecule has 0 unspecified atom stereocenters. The monoisotopic (exact) mass is 381 g/mol. The van der Waals surface area contributed by atoms with Crippen molar-refractivity contribution in [1.82, 2.24) is 19.4 Å². The molecule has 6 nitrogen and oxygen atoms in total. The molecule has 0 aliphatic rings. The predicted molar refractivity (Wildman–Crippen MR) is 103 cm³/mol. The molecule has 0 saturated heterocycles. The number of aromatic nitrogens is 4. The Morgan fingerprint density at radius 1 is 1.38 bits per heavy atom.